The molecule has 25 heavy (non-hydrogen) atoms. The molecular formula is C17H17F3N4O. The van der Waals surface area contributed by atoms with E-state index in [2.05, 4.69) is 22.3 Å². The summed E-state index contributed by atoms with van der Waals surface area (Å²) in [6, 6.07) is 10.9. The summed E-state index contributed by atoms with van der Waals surface area (Å²) >= 11 is 0. The molecule has 132 valence electrons. The molecule has 0 bridgehead atoms. The van der Waals surface area contributed by atoms with Gasteiger partial charge in [-0.15, -0.1) is 10.2 Å². The Morgan fingerprint density at radius 2 is 1.88 bits per heavy atom. The molecule has 1 heterocycles. The summed E-state index contributed by atoms with van der Waals surface area (Å²) in [5, 5.41) is 13.3. The minimum atomic E-state index is -4.34. The molecule has 5 nitrogen and oxygen atoms in total. The zero-order chi connectivity index (χ0) is 17.9. The lowest BCUT2D eigenvalue weighted by Crippen LogP contribution is -2.19. The molecule has 1 aromatic heterocycles. The highest BCUT2D eigenvalue weighted by Crippen LogP contribution is 2.25. The molecule has 3 rings (SSSR count). The van der Waals surface area contributed by atoms with Crippen LogP contribution in [0.15, 0.2) is 42.7 Å². The highest BCUT2D eigenvalue weighted by Gasteiger charge is 2.28. The van der Waals surface area contributed by atoms with Crippen LogP contribution in [0.2, 0.25) is 0 Å². The van der Waals surface area contributed by atoms with E-state index in [0.717, 1.165) is 22.8 Å². The second kappa shape index (κ2) is 7.08. The Labute approximate surface area is 142 Å². The van der Waals surface area contributed by atoms with Crippen molar-refractivity contribution >= 4 is 10.8 Å². The van der Waals surface area contributed by atoms with E-state index >= 15 is 0 Å². The van der Waals surface area contributed by atoms with Crippen molar-refractivity contribution in [3.05, 3.63) is 48.3 Å². The van der Waals surface area contributed by atoms with Gasteiger partial charge in [-0.1, -0.05) is 31.2 Å². The van der Waals surface area contributed by atoms with Gasteiger partial charge in [0, 0.05) is 0 Å². The summed E-state index contributed by atoms with van der Waals surface area (Å²) in [6.45, 7) is 1.48. The highest BCUT2D eigenvalue weighted by atomic mass is 19.4. The van der Waals surface area contributed by atoms with E-state index in [-0.39, 0.29) is 5.75 Å². The predicted molar refractivity (Wildman–Crippen MR) is 86.2 cm³/mol. The minimum absolute atomic E-state index is 0.211. The lowest BCUT2D eigenvalue weighted by atomic mass is 9.98. The average molecular weight is 350 g/mol. The molecule has 0 aliphatic carbocycles. The van der Waals surface area contributed by atoms with Gasteiger partial charge in [-0.25, -0.2) is 0 Å². The molecule has 0 radical (unpaired) electrons. The largest absolute Gasteiger partial charge is 0.484 e. The number of ether oxygens (including phenoxy) is 1. The van der Waals surface area contributed by atoms with Gasteiger partial charge in [0.05, 0.1) is 6.54 Å². The van der Waals surface area contributed by atoms with E-state index in [1.165, 1.54) is 6.33 Å². The van der Waals surface area contributed by atoms with Crippen LogP contribution in [0.5, 0.6) is 5.75 Å². The number of hydrogen-bond donors (Lipinski definition) is 0. The number of aromatic nitrogens is 4. The molecule has 1 unspecified atom stereocenters. The predicted octanol–water partition coefficient (Wildman–Crippen LogP) is 3.65. The van der Waals surface area contributed by atoms with Gasteiger partial charge in [-0.3, -0.25) is 0 Å². The first-order valence-electron chi connectivity index (χ1n) is 7.82. The van der Waals surface area contributed by atoms with E-state index in [4.69, 9.17) is 4.74 Å². The second-order valence-corrected chi connectivity index (χ2v) is 6.05. The first-order chi connectivity index (χ1) is 11.9. The summed E-state index contributed by atoms with van der Waals surface area (Å²) in [4.78, 5) is 1.55. The number of benzene rings is 2. The molecule has 0 saturated carbocycles. The first kappa shape index (κ1) is 17.2. The summed E-state index contributed by atoms with van der Waals surface area (Å²) in [5.41, 5.74) is 1.14. The van der Waals surface area contributed by atoms with Crippen LogP contribution in [0.3, 0.4) is 0 Å². The molecule has 0 spiro atoms. The SMILES string of the molecule is CC(Cc1ccc2cc(OCC(F)(F)F)ccc2c1)Cn1ncnn1. The zero-order valence-corrected chi connectivity index (χ0v) is 13.6. The van der Waals surface area contributed by atoms with Crippen LogP contribution < -0.4 is 4.74 Å². The molecule has 0 amide bonds. The molecular weight excluding hydrogens is 333 g/mol. The Morgan fingerprint density at radius 3 is 2.60 bits per heavy atom. The van der Waals surface area contributed by atoms with Crippen LogP contribution in [-0.4, -0.2) is 33.0 Å². The van der Waals surface area contributed by atoms with E-state index < -0.39 is 12.8 Å². The smallest absolute Gasteiger partial charge is 0.422 e. The lowest BCUT2D eigenvalue weighted by Gasteiger charge is -2.12. The third kappa shape index (κ3) is 4.91. The molecule has 0 fully saturated rings. The van der Waals surface area contributed by atoms with Crippen molar-refractivity contribution in [2.45, 2.75) is 26.1 Å². The molecule has 0 aliphatic rings. The van der Waals surface area contributed by atoms with Crippen molar-refractivity contribution in [2.24, 2.45) is 5.92 Å². The molecule has 3 aromatic rings. The van der Waals surface area contributed by atoms with Gasteiger partial charge in [-0.2, -0.15) is 18.0 Å². The Hall–Kier alpha value is -2.64. The van der Waals surface area contributed by atoms with Crippen LogP contribution in [0.25, 0.3) is 10.8 Å². The normalized spacial score (nSPS) is 13.1. The fraction of sp³-hybridized carbons (Fsp3) is 0.353. The summed E-state index contributed by atoms with van der Waals surface area (Å²) < 4.78 is 41.5. The lowest BCUT2D eigenvalue weighted by molar-refractivity contribution is -0.153. The molecule has 0 N–H and O–H groups in total. The quantitative estimate of drug-likeness (QED) is 0.681. The zero-order valence-electron chi connectivity index (χ0n) is 13.6. The second-order valence-electron chi connectivity index (χ2n) is 6.05. The Bertz CT molecular complexity index is 834. The molecule has 8 heteroatoms. The van der Waals surface area contributed by atoms with Crippen LogP contribution in [0.4, 0.5) is 13.2 Å². The number of alkyl halides is 3. The maximum Gasteiger partial charge on any atom is 0.422 e. The van der Waals surface area contributed by atoms with E-state index in [1.54, 1.807) is 23.0 Å². The fourth-order valence-electron chi connectivity index (χ4n) is 2.67. The maximum atomic E-state index is 12.2. The highest BCUT2D eigenvalue weighted by molar-refractivity contribution is 5.84. The van der Waals surface area contributed by atoms with Gasteiger partial charge in [0.2, 0.25) is 0 Å². The average Bonchev–Trinajstić information content (AvgIpc) is 3.05. The summed E-state index contributed by atoms with van der Waals surface area (Å²) in [5.74, 6) is 0.532. The monoisotopic (exact) mass is 350 g/mol. The molecule has 0 aliphatic heterocycles. The Balaban J connectivity index is 1.67. The van der Waals surface area contributed by atoms with Gasteiger partial charge in [0.15, 0.2) is 12.9 Å². The van der Waals surface area contributed by atoms with E-state index in [0.29, 0.717) is 12.5 Å². The summed E-state index contributed by atoms with van der Waals surface area (Å²) in [7, 11) is 0. The van der Waals surface area contributed by atoms with Gasteiger partial charge in [-0.05, 0) is 46.0 Å². The van der Waals surface area contributed by atoms with E-state index in [9.17, 15) is 13.2 Å². The molecule has 1 atom stereocenters. The fourth-order valence-corrected chi connectivity index (χ4v) is 2.67. The van der Waals surface area contributed by atoms with Crippen LogP contribution in [0.1, 0.15) is 12.5 Å². The van der Waals surface area contributed by atoms with Crippen LogP contribution in [0, 0.1) is 5.92 Å². The number of nitrogens with zero attached hydrogens (tertiary/aromatic N) is 4. The molecule has 0 saturated heterocycles. The first-order valence-corrected chi connectivity index (χ1v) is 7.82. The van der Waals surface area contributed by atoms with Gasteiger partial charge in [0.25, 0.3) is 0 Å². The number of rotatable bonds is 6. The van der Waals surface area contributed by atoms with Crippen LogP contribution in [-0.2, 0) is 13.0 Å². The van der Waals surface area contributed by atoms with Gasteiger partial charge >= 0.3 is 6.18 Å². The van der Waals surface area contributed by atoms with Crippen molar-refractivity contribution < 1.29 is 17.9 Å². The standard InChI is InChI=1S/C17H17F3N4O/c1-12(9-24-22-11-21-23-24)6-13-2-3-15-8-16(5-4-14(15)7-13)25-10-17(18,19)20/h2-5,7-8,11-12H,6,9-10H2,1H3. The number of tetrazole rings is 1. The third-order valence-electron chi connectivity index (χ3n) is 3.73. The van der Waals surface area contributed by atoms with Crippen molar-refractivity contribution in [3.63, 3.8) is 0 Å². The Kier molecular flexibility index (Phi) is 4.87. The minimum Gasteiger partial charge on any atom is -0.484 e. The van der Waals surface area contributed by atoms with Gasteiger partial charge < -0.3 is 4.74 Å². The van der Waals surface area contributed by atoms with Crippen molar-refractivity contribution in [1.29, 1.82) is 0 Å². The molecule has 2 aromatic carbocycles. The van der Waals surface area contributed by atoms with Crippen molar-refractivity contribution in [1.82, 2.24) is 20.2 Å². The number of fused-ring (bicyclic) bond motifs is 1. The topological polar surface area (TPSA) is 52.8 Å². The number of hydrogen-bond acceptors (Lipinski definition) is 4. The van der Waals surface area contributed by atoms with Gasteiger partial charge in [0.1, 0.15) is 5.75 Å². The number of halogens is 3. The third-order valence-corrected chi connectivity index (χ3v) is 3.73. The van der Waals surface area contributed by atoms with Crippen LogP contribution >= 0.6 is 0 Å². The van der Waals surface area contributed by atoms with Crippen molar-refractivity contribution in [3.8, 4) is 5.75 Å². The maximum absolute atomic E-state index is 12.2. The van der Waals surface area contributed by atoms with Crippen molar-refractivity contribution in [2.75, 3.05) is 6.61 Å². The Morgan fingerprint density at radius 1 is 1.12 bits per heavy atom. The summed E-state index contributed by atoms with van der Waals surface area (Å²) in [6.07, 6.45) is -2.10. The van der Waals surface area contributed by atoms with E-state index in [1.807, 2.05) is 18.2 Å².